The summed E-state index contributed by atoms with van der Waals surface area (Å²) in [5.41, 5.74) is 2.64. The van der Waals surface area contributed by atoms with Gasteiger partial charge in [-0.15, -0.1) is 0 Å². The van der Waals surface area contributed by atoms with Crippen LogP contribution in [0, 0.1) is 0 Å². The first-order chi connectivity index (χ1) is 13.7. The number of benzene rings is 1. The van der Waals surface area contributed by atoms with Crippen molar-refractivity contribution in [1.82, 2.24) is 15.0 Å². The molecule has 28 heavy (non-hydrogen) atoms. The number of pyridine rings is 1. The zero-order chi connectivity index (χ0) is 19.5. The molecule has 3 aromatic heterocycles. The summed E-state index contributed by atoms with van der Waals surface area (Å²) in [6.07, 6.45) is 4.71. The van der Waals surface area contributed by atoms with Gasteiger partial charge in [-0.25, -0.2) is 14.8 Å². The highest BCUT2D eigenvalue weighted by Gasteiger charge is 2.20. The number of oxazole rings is 1. The van der Waals surface area contributed by atoms with Crippen LogP contribution in [0.25, 0.3) is 21.8 Å². The number of rotatable bonds is 7. The van der Waals surface area contributed by atoms with Crippen LogP contribution in [0.1, 0.15) is 28.9 Å². The van der Waals surface area contributed by atoms with Crippen LogP contribution < -0.4 is 4.74 Å². The second kappa shape index (κ2) is 7.69. The molecule has 0 radical (unpaired) electrons. The van der Waals surface area contributed by atoms with Crippen molar-refractivity contribution in [2.24, 2.45) is 0 Å². The third-order valence-electron chi connectivity index (χ3n) is 4.31. The van der Waals surface area contributed by atoms with Crippen LogP contribution in [0.3, 0.4) is 0 Å². The number of carbonyl (C=O) groups is 1. The van der Waals surface area contributed by atoms with Gasteiger partial charge in [0.1, 0.15) is 12.0 Å². The highest BCUT2D eigenvalue weighted by Crippen LogP contribution is 2.33. The van der Waals surface area contributed by atoms with Crippen molar-refractivity contribution in [1.29, 1.82) is 0 Å². The Morgan fingerprint density at radius 3 is 2.86 bits per heavy atom. The number of aromatic nitrogens is 3. The Kier molecular flexibility index (Phi) is 4.94. The number of hydrogen-bond acceptors (Lipinski definition) is 7. The average Bonchev–Trinajstić information content (AvgIpc) is 3.34. The minimum absolute atomic E-state index is 0.224. The molecule has 0 aliphatic heterocycles. The summed E-state index contributed by atoms with van der Waals surface area (Å²) < 4.78 is 21.5. The van der Waals surface area contributed by atoms with E-state index in [1.54, 1.807) is 26.4 Å². The molecular weight excluding hydrogens is 362 g/mol. The largest absolute Gasteiger partial charge is 0.484 e. The fourth-order valence-corrected chi connectivity index (χ4v) is 3.16. The zero-order valence-electron chi connectivity index (χ0n) is 15.5. The van der Waals surface area contributed by atoms with Crippen molar-refractivity contribution in [2.75, 3.05) is 13.7 Å². The van der Waals surface area contributed by atoms with Gasteiger partial charge < -0.3 is 23.6 Å². The maximum absolute atomic E-state index is 12.4. The number of nitrogens with zero attached hydrogens (tertiary/aromatic N) is 2. The summed E-state index contributed by atoms with van der Waals surface area (Å²) in [6, 6.07) is 5.68. The maximum Gasteiger partial charge on any atom is 0.357 e. The Bertz CT molecular complexity index is 1120. The van der Waals surface area contributed by atoms with Crippen molar-refractivity contribution in [3.05, 3.63) is 54.0 Å². The van der Waals surface area contributed by atoms with Gasteiger partial charge in [0.15, 0.2) is 12.3 Å². The molecule has 3 heterocycles. The first-order valence-corrected chi connectivity index (χ1v) is 8.81. The second-order valence-corrected chi connectivity index (χ2v) is 6.07. The highest BCUT2D eigenvalue weighted by molar-refractivity contribution is 6.11. The molecule has 0 aliphatic rings. The number of aromatic amines is 1. The summed E-state index contributed by atoms with van der Waals surface area (Å²) >= 11 is 0. The third-order valence-corrected chi connectivity index (χ3v) is 4.31. The van der Waals surface area contributed by atoms with Crippen LogP contribution in [0.4, 0.5) is 0 Å². The number of ether oxygens (including phenoxy) is 3. The van der Waals surface area contributed by atoms with Crippen LogP contribution in [-0.2, 0) is 22.7 Å². The molecule has 4 rings (SSSR count). The molecule has 0 spiro atoms. The average molecular weight is 381 g/mol. The van der Waals surface area contributed by atoms with Crippen molar-refractivity contribution in [3.63, 3.8) is 0 Å². The number of esters is 1. The lowest BCUT2D eigenvalue weighted by Crippen LogP contribution is -2.11. The predicted octanol–water partition coefficient (Wildman–Crippen LogP) is 3.61. The first kappa shape index (κ1) is 18.0. The zero-order valence-corrected chi connectivity index (χ0v) is 15.5. The third kappa shape index (κ3) is 3.29. The summed E-state index contributed by atoms with van der Waals surface area (Å²) in [7, 11) is 1.58. The number of H-pyrrole nitrogens is 1. The van der Waals surface area contributed by atoms with E-state index in [2.05, 4.69) is 15.0 Å². The summed E-state index contributed by atoms with van der Waals surface area (Å²) in [4.78, 5) is 24.0. The topological polar surface area (TPSA) is 99.5 Å². The Hall–Kier alpha value is -3.39. The quantitative estimate of drug-likeness (QED) is 0.488. The molecule has 8 heteroatoms. The van der Waals surface area contributed by atoms with Crippen LogP contribution in [-0.4, -0.2) is 34.6 Å². The van der Waals surface area contributed by atoms with E-state index in [1.807, 2.05) is 18.2 Å². The van der Waals surface area contributed by atoms with Crippen molar-refractivity contribution < 1.29 is 23.4 Å². The molecule has 0 atom stereocenters. The van der Waals surface area contributed by atoms with Gasteiger partial charge in [-0.05, 0) is 25.1 Å². The molecule has 0 unspecified atom stereocenters. The molecule has 4 aromatic rings. The number of hydrogen-bond donors (Lipinski definition) is 1. The van der Waals surface area contributed by atoms with Gasteiger partial charge in [0.25, 0.3) is 0 Å². The number of carbonyl (C=O) groups excluding carboxylic acids is 1. The fraction of sp³-hybridized carbons (Fsp3) is 0.250. The summed E-state index contributed by atoms with van der Waals surface area (Å²) in [6.45, 7) is 2.49. The maximum atomic E-state index is 12.4. The van der Waals surface area contributed by atoms with Crippen LogP contribution in [0.2, 0.25) is 0 Å². The van der Waals surface area contributed by atoms with E-state index in [9.17, 15) is 4.79 Å². The van der Waals surface area contributed by atoms with Crippen molar-refractivity contribution in [3.8, 4) is 5.75 Å². The number of methoxy groups -OCH3 is 1. The van der Waals surface area contributed by atoms with Crippen LogP contribution in [0.5, 0.6) is 5.75 Å². The van der Waals surface area contributed by atoms with E-state index < -0.39 is 5.97 Å². The van der Waals surface area contributed by atoms with E-state index in [4.69, 9.17) is 18.6 Å². The Morgan fingerprint density at radius 2 is 2.11 bits per heavy atom. The van der Waals surface area contributed by atoms with E-state index in [0.29, 0.717) is 17.2 Å². The Labute approximate surface area is 160 Å². The molecular formula is C20H19N3O5. The molecule has 1 N–H and O–H groups in total. The lowest BCUT2D eigenvalue weighted by atomic mass is 10.1. The predicted molar refractivity (Wildman–Crippen MR) is 101 cm³/mol. The molecule has 0 saturated heterocycles. The van der Waals surface area contributed by atoms with Gasteiger partial charge in [0.2, 0.25) is 5.89 Å². The van der Waals surface area contributed by atoms with Gasteiger partial charge >= 0.3 is 5.97 Å². The monoisotopic (exact) mass is 381 g/mol. The van der Waals surface area contributed by atoms with Gasteiger partial charge in [0.05, 0.1) is 31.1 Å². The van der Waals surface area contributed by atoms with Crippen molar-refractivity contribution >= 4 is 27.8 Å². The fourth-order valence-electron chi connectivity index (χ4n) is 3.16. The standard InChI is InChI=1S/C20H19N3O5/c1-3-26-20(24)19-14(10-25-2)18-13-8-12(28-11-17-21-6-7-27-17)4-5-15(13)23-16(18)9-22-19/h4-9,23H,3,10-11H2,1-2H3. The van der Waals surface area contributed by atoms with E-state index in [0.717, 1.165) is 21.8 Å². The highest BCUT2D eigenvalue weighted by atomic mass is 16.5. The molecule has 0 fully saturated rings. The van der Waals surface area contributed by atoms with Gasteiger partial charge in [-0.3, -0.25) is 0 Å². The lowest BCUT2D eigenvalue weighted by molar-refractivity contribution is 0.0514. The molecule has 144 valence electrons. The summed E-state index contributed by atoms with van der Waals surface area (Å²) in [5.74, 6) is 0.680. The molecule has 0 amide bonds. The second-order valence-electron chi connectivity index (χ2n) is 6.07. The number of fused-ring (bicyclic) bond motifs is 3. The lowest BCUT2D eigenvalue weighted by Gasteiger charge is -2.09. The van der Waals surface area contributed by atoms with Crippen LogP contribution >= 0.6 is 0 Å². The van der Waals surface area contributed by atoms with Gasteiger partial charge in [-0.1, -0.05) is 0 Å². The minimum Gasteiger partial charge on any atom is -0.484 e. The molecule has 8 nitrogen and oxygen atoms in total. The van der Waals surface area contributed by atoms with E-state index in [-0.39, 0.29) is 25.5 Å². The number of nitrogens with one attached hydrogen (secondary N) is 1. The van der Waals surface area contributed by atoms with Crippen LogP contribution in [0.15, 0.2) is 41.3 Å². The molecule has 0 bridgehead atoms. The molecule has 1 aromatic carbocycles. The van der Waals surface area contributed by atoms with Crippen molar-refractivity contribution in [2.45, 2.75) is 20.1 Å². The Balaban J connectivity index is 1.80. The van der Waals surface area contributed by atoms with Gasteiger partial charge in [-0.2, -0.15) is 0 Å². The Morgan fingerprint density at radius 1 is 1.21 bits per heavy atom. The molecule has 0 saturated carbocycles. The molecule has 0 aliphatic carbocycles. The SMILES string of the molecule is CCOC(=O)c1ncc2[nH]c3ccc(OCc4ncco4)cc3c2c1COC. The first-order valence-electron chi connectivity index (χ1n) is 8.81. The van der Waals surface area contributed by atoms with E-state index in [1.165, 1.54) is 6.26 Å². The minimum atomic E-state index is -0.470. The summed E-state index contributed by atoms with van der Waals surface area (Å²) in [5, 5.41) is 1.76. The smallest absolute Gasteiger partial charge is 0.357 e. The van der Waals surface area contributed by atoms with E-state index >= 15 is 0 Å². The normalized spacial score (nSPS) is 11.2. The van der Waals surface area contributed by atoms with Gasteiger partial charge in [0, 0.05) is 29.0 Å².